The molecule has 0 aromatic heterocycles. The molecule has 0 heterocycles. The summed E-state index contributed by atoms with van der Waals surface area (Å²) in [7, 11) is 0. The first kappa shape index (κ1) is 15.6. The normalized spacial score (nSPS) is 11.3. The molecule has 0 saturated heterocycles. The van der Waals surface area contributed by atoms with Crippen LogP contribution in [0.25, 0.3) is 24.3 Å². The van der Waals surface area contributed by atoms with Crippen molar-refractivity contribution in [3.8, 4) is 0 Å². The Morgan fingerprint density at radius 1 is 0.542 bits per heavy atom. The lowest BCUT2D eigenvalue weighted by Gasteiger charge is -2.09. The van der Waals surface area contributed by atoms with Crippen LogP contribution in [0, 0.1) is 0 Å². The van der Waals surface area contributed by atoms with Gasteiger partial charge in [0, 0.05) is 5.56 Å². The van der Waals surface area contributed by atoms with Crippen LogP contribution in [-0.2, 0) is 0 Å². The van der Waals surface area contributed by atoms with Crippen molar-refractivity contribution >= 4 is 35.7 Å². The molecule has 0 spiro atoms. The molecule has 0 aliphatic heterocycles. The van der Waals surface area contributed by atoms with Gasteiger partial charge in [-0.3, -0.25) is 0 Å². The fraction of sp³-hybridized carbons (Fsp3) is 0. The second kappa shape index (κ2) is 7.34. The van der Waals surface area contributed by atoms with Crippen LogP contribution in [0.15, 0.2) is 72.8 Å². The summed E-state index contributed by atoms with van der Waals surface area (Å²) in [5.41, 5.74) is 17.6. The molecule has 118 valence electrons. The zero-order valence-electron chi connectivity index (χ0n) is 13.4. The van der Waals surface area contributed by atoms with Crippen molar-refractivity contribution in [1.82, 2.24) is 0 Å². The maximum absolute atomic E-state index is 6.21. The molecule has 0 amide bonds. The van der Waals surface area contributed by atoms with Gasteiger partial charge in [0.2, 0.25) is 0 Å². The highest BCUT2D eigenvalue weighted by atomic mass is 14.7. The smallest absolute Gasteiger partial charge is 0.0627 e. The molecule has 4 N–H and O–H groups in total. The molecule has 0 aliphatic rings. The van der Waals surface area contributed by atoms with Crippen molar-refractivity contribution in [1.29, 1.82) is 0 Å². The molecule has 0 atom stereocenters. The maximum atomic E-state index is 6.21. The number of rotatable bonds is 4. The van der Waals surface area contributed by atoms with Gasteiger partial charge in [-0.25, -0.2) is 0 Å². The third-order valence-electron chi connectivity index (χ3n) is 3.85. The van der Waals surface area contributed by atoms with Gasteiger partial charge in [0.1, 0.15) is 0 Å². The molecule has 0 aliphatic carbocycles. The van der Waals surface area contributed by atoms with E-state index in [0.29, 0.717) is 11.4 Å². The van der Waals surface area contributed by atoms with Gasteiger partial charge in [0.05, 0.1) is 11.4 Å². The molecule has 3 aromatic rings. The summed E-state index contributed by atoms with van der Waals surface area (Å²) >= 11 is 0. The van der Waals surface area contributed by atoms with Gasteiger partial charge in [-0.15, -0.1) is 0 Å². The highest BCUT2D eigenvalue weighted by Crippen LogP contribution is 2.27. The first-order valence-electron chi connectivity index (χ1n) is 7.88. The Morgan fingerprint density at radius 3 is 1.67 bits per heavy atom. The zero-order valence-corrected chi connectivity index (χ0v) is 13.4. The Bertz CT molecular complexity index is 863. The predicted molar refractivity (Wildman–Crippen MR) is 106 cm³/mol. The molecule has 0 radical (unpaired) electrons. The molecule has 2 nitrogen and oxygen atoms in total. The van der Waals surface area contributed by atoms with Crippen molar-refractivity contribution < 1.29 is 0 Å². The van der Waals surface area contributed by atoms with Crippen LogP contribution in [0.4, 0.5) is 11.4 Å². The summed E-state index contributed by atoms with van der Waals surface area (Å²) in [6, 6.07) is 24.2. The van der Waals surface area contributed by atoms with E-state index >= 15 is 0 Å². The second-order valence-electron chi connectivity index (χ2n) is 5.56. The van der Waals surface area contributed by atoms with E-state index in [1.807, 2.05) is 60.7 Å². The molecule has 3 rings (SSSR count). The quantitative estimate of drug-likeness (QED) is 0.514. The van der Waals surface area contributed by atoms with E-state index in [1.165, 1.54) is 0 Å². The summed E-state index contributed by atoms with van der Waals surface area (Å²) in [4.78, 5) is 0. The number of hydrogen-bond acceptors (Lipinski definition) is 2. The molecule has 0 unspecified atom stereocenters. The summed E-state index contributed by atoms with van der Waals surface area (Å²) in [6.45, 7) is 0. The van der Waals surface area contributed by atoms with Gasteiger partial charge in [0.25, 0.3) is 0 Å². The summed E-state index contributed by atoms with van der Waals surface area (Å²) in [5, 5.41) is 0. The first-order valence-corrected chi connectivity index (χ1v) is 7.88. The van der Waals surface area contributed by atoms with Gasteiger partial charge < -0.3 is 11.5 Å². The van der Waals surface area contributed by atoms with Crippen LogP contribution < -0.4 is 11.5 Å². The van der Waals surface area contributed by atoms with Crippen molar-refractivity contribution in [2.75, 3.05) is 11.5 Å². The van der Waals surface area contributed by atoms with E-state index in [1.54, 1.807) is 0 Å². The predicted octanol–water partition coefficient (Wildman–Crippen LogP) is 5.19. The van der Waals surface area contributed by atoms with Crippen molar-refractivity contribution in [2.45, 2.75) is 0 Å². The van der Waals surface area contributed by atoms with Crippen molar-refractivity contribution in [3.63, 3.8) is 0 Å². The molecular formula is C22H20N2. The molecular weight excluding hydrogens is 292 g/mol. The lowest BCUT2D eigenvalue weighted by atomic mass is 10.0. The standard InChI is InChI=1S/C22H20N2/c23-21-16-14-19(13-11-17-7-3-1-4-8-17)20(22(21)24)15-12-18-9-5-2-6-10-18/h1-16H,23-24H2/b13-11+,15-12+. The minimum absolute atomic E-state index is 0.597. The Labute approximate surface area is 142 Å². The fourth-order valence-electron chi connectivity index (χ4n) is 2.50. The first-order chi connectivity index (χ1) is 11.7. The molecule has 0 bridgehead atoms. The number of benzene rings is 3. The summed E-state index contributed by atoms with van der Waals surface area (Å²) < 4.78 is 0. The third kappa shape index (κ3) is 3.73. The SMILES string of the molecule is Nc1ccc(/C=C/c2ccccc2)c(/C=C/c2ccccc2)c1N. The molecule has 0 fully saturated rings. The minimum Gasteiger partial charge on any atom is -0.397 e. The Morgan fingerprint density at radius 2 is 1.08 bits per heavy atom. The van der Waals surface area contributed by atoms with E-state index in [-0.39, 0.29) is 0 Å². The monoisotopic (exact) mass is 312 g/mol. The highest BCUT2D eigenvalue weighted by molar-refractivity contribution is 5.88. The average molecular weight is 312 g/mol. The maximum Gasteiger partial charge on any atom is 0.0627 e. The fourth-order valence-corrected chi connectivity index (χ4v) is 2.50. The lowest BCUT2D eigenvalue weighted by molar-refractivity contribution is 1.59. The van der Waals surface area contributed by atoms with Crippen LogP contribution in [-0.4, -0.2) is 0 Å². The van der Waals surface area contributed by atoms with Crippen LogP contribution in [0.5, 0.6) is 0 Å². The van der Waals surface area contributed by atoms with E-state index < -0.39 is 0 Å². The number of nitrogen functional groups attached to an aromatic ring is 2. The zero-order chi connectivity index (χ0) is 16.8. The van der Waals surface area contributed by atoms with Gasteiger partial charge in [0.15, 0.2) is 0 Å². The Hall–Kier alpha value is -3.26. The average Bonchev–Trinajstić information content (AvgIpc) is 2.63. The third-order valence-corrected chi connectivity index (χ3v) is 3.85. The molecule has 24 heavy (non-hydrogen) atoms. The van der Waals surface area contributed by atoms with Crippen LogP contribution in [0.3, 0.4) is 0 Å². The minimum atomic E-state index is 0.597. The summed E-state index contributed by atoms with van der Waals surface area (Å²) in [5.74, 6) is 0. The summed E-state index contributed by atoms with van der Waals surface area (Å²) in [6.07, 6.45) is 8.21. The van der Waals surface area contributed by atoms with Crippen LogP contribution in [0.2, 0.25) is 0 Å². The van der Waals surface area contributed by atoms with E-state index in [9.17, 15) is 0 Å². The van der Waals surface area contributed by atoms with E-state index in [0.717, 1.165) is 22.3 Å². The number of hydrogen-bond donors (Lipinski definition) is 2. The number of anilines is 2. The Kier molecular flexibility index (Phi) is 4.78. The number of nitrogens with two attached hydrogens (primary N) is 2. The Balaban J connectivity index is 1.96. The van der Waals surface area contributed by atoms with Gasteiger partial charge >= 0.3 is 0 Å². The lowest BCUT2D eigenvalue weighted by Crippen LogP contribution is -1.98. The van der Waals surface area contributed by atoms with Crippen LogP contribution >= 0.6 is 0 Å². The molecule has 3 aromatic carbocycles. The largest absolute Gasteiger partial charge is 0.397 e. The van der Waals surface area contributed by atoms with E-state index in [2.05, 4.69) is 36.4 Å². The van der Waals surface area contributed by atoms with Crippen molar-refractivity contribution in [3.05, 3.63) is 95.1 Å². The highest BCUT2D eigenvalue weighted by Gasteiger charge is 2.04. The van der Waals surface area contributed by atoms with Gasteiger partial charge in [-0.1, -0.05) is 91.0 Å². The second-order valence-corrected chi connectivity index (χ2v) is 5.56. The van der Waals surface area contributed by atoms with E-state index in [4.69, 9.17) is 11.5 Å². The van der Waals surface area contributed by atoms with Crippen LogP contribution in [0.1, 0.15) is 22.3 Å². The van der Waals surface area contributed by atoms with Gasteiger partial charge in [-0.2, -0.15) is 0 Å². The molecule has 2 heteroatoms. The molecule has 0 saturated carbocycles. The topological polar surface area (TPSA) is 52.0 Å². The van der Waals surface area contributed by atoms with Gasteiger partial charge in [-0.05, 0) is 22.8 Å². The van der Waals surface area contributed by atoms with Crippen molar-refractivity contribution in [2.24, 2.45) is 0 Å².